The van der Waals surface area contributed by atoms with Crippen molar-refractivity contribution in [2.24, 2.45) is 10.8 Å². The van der Waals surface area contributed by atoms with Crippen LogP contribution in [0, 0.1) is 24.7 Å². The van der Waals surface area contributed by atoms with Crippen molar-refractivity contribution in [1.29, 1.82) is 0 Å². The molecule has 2 aromatic rings. The summed E-state index contributed by atoms with van der Waals surface area (Å²) in [5, 5.41) is 0.391. The van der Waals surface area contributed by atoms with Crippen LogP contribution in [0.15, 0.2) is 52.9 Å². The summed E-state index contributed by atoms with van der Waals surface area (Å²) < 4.78 is 17.5. The van der Waals surface area contributed by atoms with Crippen LogP contribution in [0.1, 0.15) is 88.0 Å². The van der Waals surface area contributed by atoms with E-state index < -0.39 is 5.92 Å². The number of carbonyl (C=O) groups is 2. The quantitative estimate of drug-likeness (QED) is 0.263. The highest BCUT2D eigenvalue weighted by molar-refractivity contribution is 6.32. The standard InChI is InChI=1S/C37H46ClNO5/c1-22-12-23(2)14-24(13-22)21-44-35-26(38)15-25(16-31(35)43-8)32-33-27(17-36(3,4)19-29(33)40)39(10-9-11-42-7)28-18-37(5,6)20-30(41)34(28)32/h12-16,32H,9-11,17-21H2,1-8H3. The maximum absolute atomic E-state index is 14.1. The van der Waals surface area contributed by atoms with Gasteiger partial charge in [-0.1, -0.05) is 68.6 Å². The lowest BCUT2D eigenvalue weighted by atomic mass is 9.63. The molecule has 0 radical (unpaired) electrons. The summed E-state index contributed by atoms with van der Waals surface area (Å²) in [5.41, 5.74) is 7.28. The largest absolute Gasteiger partial charge is 0.493 e. The van der Waals surface area contributed by atoms with Gasteiger partial charge in [-0.3, -0.25) is 9.59 Å². The topological polar surface area (TPSA) is 65.1 Å². The molecule has 0 aromatic heterocycles. The summed E-state index contributed by atoms with van der Waals surface area (Å²) in [4.78, 5) is 30.5. The molecule has 5 rings (SSSR count). The monoisotopic (exact) mass is 619 g/mol. The smallest absolute Gasteiger partial charge is 0.180 e. The summed E-state index contributed by atoms with van der Waals surface area (Å²) in [6.07, 6.45) is 3.16. The van der Waals surface area contributed by atoms with Crippen molar-refractivity contribution in [3.63, 3.8) is 0 Å². The van der Waals surface area contributed by atoms with Crippen LogP contribution in [0.5, 0.6) is 11.5 Å². The molecule has 0 atom stereocenters. The zero-order valence-corrected chi connectivity index (χ0v) is 28.2. The van der Waals surface area contributed by atoms with E-state index in [1.54, 1.807) is 14.2 Å². The SMILES string of the molecule is COCCCN1C2=C(C(=O)CC(C)(C)C2)C(c2cc(Cl)c(OCc3cc(C)cc(C)c3)c(OC)c2)C2=C1CC(C)(C)CC2=O. The molecular formula is C37H46ClNO5. The number of nitrogens with zero attached hydrogens (tertiary/aromatic N) is 1. The first-order valence-corrected chi connectivity index (χ1v) is 16.0. The molecule has 0 unspecified atom stereocenters. The van der Waals surface area contributed by atoms with Gasteiger partial charge in [0.25, 0.3) is 0 Å². The predicted molar refractivity (Wildman–Crippen MR) is 174 cm³/mol. The van der Waals surface area contributed by atoms with Gasteiger partial charge in [0.2, 0.25) is 0 Å². The molecular weight excluding hydrogens is 574 g/mol. The van der Waals surface area contributed by atoms with Crippen molar-refractivity contribution in [3.8, 4) is 11.5 Å². The Morgan fingerprint density at radius 2 is 1.41 bits per heavy atom. The first-order valence-electron chi connectivity index (χ1n) is 15.6. The van der Waals surface area contributed by atoms with Gasteiger partial charge in [-0.25, -0.2) is 0 Å². The molecule has 3 aliphatic rings. The number of methoxy groups -OCH3 is 2. The number of halogens is 1. The maximum atomic E-state index is 14.1. The second-order valence-electron chi connectivity index (χ2n) is 14.4. The summed E-state index contributed by atoms with van der Waals surface area (Å²) in [6, 6.07) is 10.1. The van der Waals surface area contributed by atoms with E-state index in [9.17, 15) is 9.59 Å². The van der Waals surface area contributed by atoms with Gasteiger partial charge in [-0.2, -0.15) is 0 Å². The number of Topliss-reactive ketones (excluding diaryl/α,β-unsaturated/α-hetero) is 2. The Kier molecular flexibility index (Phi) is 9.08. The van der Waals surface area contributed by atoms with E-state index in [2.05, 4.69) is 64.6 Å². The Morgan fingerprint density at radius 3 is 1.93 bits per heavy atom. The van der Waals surface area contributed by atoms with Crippen LogP contribution in [0.2, 0.25) is 5.02 Å². The first-order chi connectivity index (χ1) is 20.7. The average molecular weight is 620 g/mol. The van der Waals surface area contributed by atoms with E-state index in [0.29, 0.717) is 49.1 Å². The second-order valence-corrected chi connectivity index (χ2v) is 14.8. The molecule has 0 spiro atoms. The van der Waals surface area contributed by atoms with Crippen LogP contribution < -0.4 is 9.47 Å². The van der Waals surface area contributed by atoms with E-state index in [1.165, 1.54) is 11.1 Å². The summed E-state index contributed by atoms with van der Waals surface area (Å²) in [7, 11) is 3.30. The lowest BCUT2D eigenvalue weighted by molar-refractivity contribution is -0.119. The minimum atomic E-state index is -0.509. The van der Waals surface area contributed by atoms with E-state index in [-0.39, 0.29) is 22.4 Å². The molecule has 0 saturated carbocycles. The Morgan fingerprint density at radius 1 is 0.841 bits per heavy atom. The molecule has 0 bridgehead atoms. The molecule has 1 aliphatic heterocycles. The van der Waals surface area contributed by atoms with Crippen LogP contribution in [-0.4, -0.2) is 43.8 Å². The fraction of sp³-hybridized carbons (Fsp3) is 0.514. The highest BCUT2D eigenvalue weighted by Gasteiger charge is 2.49. The molecule has 2 aromatic carbocycles. The molecule has 2 aliphatic carbocycles. The van der Waals surface area contributed by atoms with Crippen LogP contribution in [0.25, 0.3) is 0 Å². The predicted octanol–water partition coefficient (Wildman–Crippen LogP) is 8.27. The number of aryl methyl sites for hydroxylation is 2. The Bertz CT molecular complexity index is 1470. The number of allylic oxidation sites excluding steroid dienone is 4. The van der Waals surface area contributed by atoms with Gasteiger partial charge in [-0.15, -0.1) is 0 Å². The number of hydrogen-bond acceptors (Lipinski definition) is 6. The van der Waals surface area contributed by atoms with Crippen LogP contribution in [0.4, 0.5) is 0 Å². The highest BCUT2D eigenvalue weighted by atomic mass is 35.5. The molecule has 236 valence electrons. The molecule has 0 fully saturated rings. The van der Waals surface area contributed by atoms with Gasteiger partial charge in [-0.05, 0) is 67.2 Å². The van der Waals surface area contributed by atoms with Crippen LogP contribution in [0.3, 0.4) is 0 Å². The molecule has 6 nitrogen and oxygen atoms in total. The van der Waals surface area contributed by atoms with Gasteiger partial charge < -0.3 is 19.1 Å². The summed E-state index contributed by atoms with van der Waals surface area (Å²) in [5.74, 6) is 0.603. The Balaban J connectivity index is 1.64. The molecule has 7 heteroatoms. The third-order valence-corrected chi connectivity index (χ3v) is 9.28. The zero-order valence-electron chi connectivity index (χ0n) is 27.5. The molecule has 0 N–H and O–H groups in total. The number of carbonyl (C=O) groups excluding carboxylic acids is 2. The van der Waals surface area contributed by atoms with Gasteiger partial charge in [0.1, 0.15) is 6.61 Å². The number of benzene rings is 2. The number of ether oxygens (including phenoxy) is 3. The maximum Gasteiger partial charge on any atom is 0.180 e. The normalized spacial score (nSPS) is 19.7. The third-order valence-electron chi connectivity index (χ3n) is 9.00. The molecule has 44 heavy (non-hydrogen) atoms. The zero-order chi connectivity index (χ0) is 32.0. The lowest BCUT2D eigenvalue weighted by Gasteiger charge is -2.49. The van der Waals surface area contributed by atoms with Gasteiger partial charge in [0.05, 0.1) is 12.1 Å². The Hall–Kier alpha value is -3.09. The molecule has 1 heterocycles. The van der Waals surface area contributed by atoms with Gasteiger partial charge >= 0.3 is 0 Å². The van der Waals surface area contributed by atoms with Gasteiger partial charge in [0.15, 0.2) is 23.1 Å². The number of hydrogen-bond donors (Lipinski definition) is 0. The fourth-order valence-electron chi connectivity index (χ4n) is 7.37. The van der Waals surface area contributed by atoms with E-state index >= 15 is 0 Å². The summed E-state index contributed by atoms with van der Waals surface area (Å²) >= 11 is 6.96. The minimum absolute atomic E-state index is 0.0902. The fourth-order valence-corrected chi connectivity index (χ4v) is 7.65. The van der Waals surface area contributed by atoms with Crippen LogP contribution in [-0.2, 0) is 20.9 Å². The Labute approximate surface area is 267 Å². The first kappa shape index (κ1) is 32.3. The number of ketones is 2. The van der Waals surface area contributed by atoms with Crippen molar-refractivity contribution < 1.29 is 23.8 Å². The third kappa shape index (κ3) is 6.48. The van der Waals surface area contributed by atoms with Crippen LogP contribution >= 0.6 is 11.6 Å². The molecule has 0 saturated heterocycles. The van der Waals surface area contributed by atoms with E-state index in [1.807, 2.05) is 12.1 Å². The van der Waals surface area contributed by atoms with Crippen molar-refractivity contribution in [2.75, 3.05) is 27.4 Å². The molecule has 0 amide bonds. The summed E-state index contributed by atoms with van der Waals surface area (Å²) in [6.45, 7) is 14.4. The van der Waals surface area contributed by atoms with Gasteiger partial charge in [0, 0.05) is 61.6 Å². The van der Waals surface area contributed by atoms with Crippen molar-refractivity contribution in [2.45, 2.75) is 86.2 Å². The van der Waals surface area contributed by atoms with Crippen molar-refractivity contribution in [1.82, 2.24) is 4.90 Å². The van der Waals surface area contributed by atoms with Crippen molar-refractivity contribution >= 4 is 23.2 Å². The van der Waals surface area contributed by atoms with E-state index in [0.717, 1.165) is 52.9 Å². The minimum Gasteiger partial charge on any atom is -0.493 e. The lowest BCUT2D eigenvalue weighted by Crippen LogP contribution is -2.44. The average Bonchev–Trinajstić information content (AvgIpc) is 2.90. The van der Waals surface area contributed by atoms with Crippen molar-refractivity contribution in [3.05, 3.63) is 80.1 Å². The number of rotatable bonds is 9. The van der Waals surface area contributed by atoms with E-state index in [4.69, 9.17) is 25.8 Å². The highest BCUT2D eigenvalue weighted by Crippen LogP contribution is 2.55. The second kappa shape index (κ2) is 12.4.